The summed E-state index contributed by atoms with van der Waals surface area (Å²) in [5, 5.41) is 0. The molecular formula is C15H25N5O. The number of hydrazine groups is 1. The minimum atomic E-state index is 0.403. The Labute approximate surface area is 126 Å². The lowest BCUT2D eigenvalue weighted by Gasteiger charge is -2.40. The molecule has 0 atom stereocenters. The van der Waals surface area contributed by atoms with Gasteiger partial charge in [0.25, 0.3) is 0 Å². The number of nitrogens with one attached hydrogen (secondary N) is 1. The van der Waals surface area contributed by atoms with Gasteiger partial charge in [0.1, 0.15) is 18.2 Å². The summed E-state index contributed by atoms with van der Waals surface area (Å²) < 4.78 is 5.13. The van der Waals surface area contributed by atoms with Crippen LogP contribution in [0.5, 0.6) is 0 Å². The van der Waals surface area contributed by atoms with Gasteiger partial charge >= 0.3 is 0 Å². The van der Waals surface area contributed by atoms with E-state index < -0.39 is 0 Å². The fraction of sp³-hybridized carbons (Fsp3) is 0.733. The number of nitrogen functional groups attached to an aromatic ring is 1. The van der Waals surface area contributed by atoms with Crippen LogP contribution in [0, 0.1) is 5.41 Å². The lowest BCUT2D eigenvalue weighted by atomic mass is 9.77. The van der Waals surface area contributed by atoms with E-state index in [1.165, 1.54) is 38.5 Å². The monoisotopic (exact) mass is 291 g/mol. The van der Waals surface area contributed by atoms with Crippen molar-refractivity contribution in [3.05, 3.63) is 11.9 Å². The number of aromatic nitrogens is 2. The number of anilines is 2. The van der Waals surface area contributed by atoms with Crippen LogP contribution < -0.4 is 16.2 Å². The number of hydrogen-bond acceptors (Lipinski definition) is 6. The average molecular weight is 291 g/mol. The second kappa shape index (κ2) is 6.15. The second-order valence-corrected chi connectivity index (χ2v) is 6.30. The first-order valence-corrected chi connectivity index (χ1v) is 7.83. The summed E-state index contributed by atoms with van der Waals surface area (Å²) in [5.41, 5.74) is 3.24. The number of hydrogen-bond donors (Lipinski definition) is 2. The molecule has 6 nitrogen and oxygen atoms in total. The quantitative estimate of drug-likeness (QED) is 0.653. The van der Waals surface area contributed by atoms with E-state index in [9.17, 15) is 0 Å². The molecule has 2 fully saturated rings. The Morgan fingerprint density at radius 2 is 1.95 bits per heavy atom. The molecular weight excluding hydrogens is 266 g/mol. The van der Waals surface area contributed by atoms with E-state index >= 15 is 0 Å². The van der Waals surface area contributed by atoms with Crippen molar-refractivity contribution in [2.75, 3.05) is 30.5 Å². The van der Waals surface area contributed by atoms with Crippen LogP contribution in [0.1, 0.15) is 44.3 Å². The molecule has 21 heavy (non-hydrogen) atoms. The van der Waals surface area contributed by atoms with Gasteiger partial charge in [0.2, 0.25) is 0 Å². The maximum atomic E-state index is 5.51. The molecule has 1 saturated heterocycles. The van der Waals surface area contributed by atoms with Crippen LogP contribution in [-0.2, 0) is 11.3 Å². The van der Waals surface area contributed by atoms with Crippen LogP contribution in [-0.4, -0.2) is 30.2 Å². The van der Waals surface area contributed by atoms with Crippen molar-refractivity contribution in [2.24, 2.45) is 11.3 Å². The molecule has 0 unspecified atom stereocenters. The zero-order valence-corrected chi connectivity index (χ0v) is 12.8. The molecule has 1 aromatic rings. The van der Waals surface area contributed by atoms with Gasteiger partial charge in [-0.3, -0.25) is 0 Å². The molecule has 2 aliphatic rings. The molecule has 1 aliphatic carbocycles. The predicted octanol–water partition coefficient (Wildman–Crippen LogP) is 2.07. The molecule has 0 bridgehead atoms. The zero-order chi connectivity index (χ0) is 14.7. The smallest absolute Gasteiger partial charge is 0.158 e. The molecule has 1 aromatic heterocycles. The molecule has 6 heteroatoms. The van der Waals surface area contributed by atoms with Crippen molar-refractivity contribution in [2.45, 2.75) is 45.1 Å². The fourth-order valence-electron chi connectivity index (χ4n) is 3.75. The summed E-state index contributed by atoms with van der Waals surface area (Å²) in [6.07, 6.45) is 8.20. The Morgan fingerprint density at radius 3 is 2.57 bits per heavy atom. The second-order valence-electron chi connectivity index (χ2n) is 6.30. The topological polar surface area (TPSA) is 76.3 Å². The van der Waals surface area contributed by atoms with E-state index in [2.05, 4.69) is 20.3 Å². The first-order chi connectivity index (χ1) is 10.2. The third-order valence-corrected chi connectivity index (χ3v) is 4.99. The molecule has 3 N–H and O–H groups in total. The number of ether oxygens (including phenoxy) is 1. The molecule has 0 radical (unpaired) electrons. The first-order valence-electron chi connectivity index (χ1n) is 7.83. The van der Waals surface area contributed by atoms with Gasteiger partial charge in [-0.1, -0.05) is 12.8 Å². The Hall–Kier alpha value is -1.40. The molecule has 2 heterocycles. The van der Waals surface area contributed by atoms with Crippen molar-refractivity contribution in [1.29, 1.82) is 0 Å². The lowest BCUT2D eigenvalue weighted by Crippen LogP contribution is -2.39. The highest BCUT2D eigenvalue weighted by Crippen LogP contribution is 2.46. The summed E-state index contributed by atoms with van der Waals surface area (Å²) in [6.45, 7) is 2.56. The standard InChI is InChI=1S/C15H25N5O/c1-21-11-13-17-12(19-16)10-14(18-13)20-8-6-15(7-9-20)4-2-3-5-15/h10H,2-9,11,16H2,1H3,(H,17,18,19). The fourth-order valence-corrected chi connectivity index (χ4v) is 3.75. The molecule has 1 spiro atoms. The highest BCUT2D eigenvalue weighted by Gasteiger charge is 2.37. The van der Waals surface area contributed by atoms with Crippen molar-refractivity contribution >= 4 is 11.6 Å². The summed E-state index contributed by atoms with van der Waals surface area (Å²) in [4.78, 5) is 11.3. The minimum Gasteiger partial charge on any atom is -0.377 e. The number of piperidine rings is 1. The van der Waals surface area contributed by atoms with Crippen LogP contribution in [0.2, 0.25) is 0 Å². The van der Waals surface area contributed by atoms with Gasteiger partial charge in [-0.15, -0.1) is 0 Å². The maximum absolute atomic E-state index is 5.51. The normalized spacial score (nSPS) is 21.0. The van der Waals surface area contributed by atoms with Gasteiger partial charge in [0, 0.05) is 26.3 Å². The molecule has 1 saturated carbocycles. The van der Waals surface area contributed by atoms with Crippen LogP contribution in [0.25, 0.3) is 0 Å². The summed E-state index contributed by atoms with van der Waals surface area (Å²) >= 11 is 0. The van der Waals surface area contributed by atoms with Gasteiger partial charge < -0.3 is 15.1 Å². The number of nitrogens with zero attached hydrogens (tertiary/aromatic N) is 3. The van der Waals surface area contributed by atoms with E-state index in [1.807, 2.05) is 6.07 Å². The molecule has 0 aromatic carbocycles. The summed E-state index contributed by atoms with van der Waals surface area (Å²) in [6, 6.07) is 1.92. The van der Waals surface area contributed by atoms with E-state index in [-0.39, 0.29) is 0 Å². The first kappa shape index (κ1) is 14.5. The maximum Gasteiger partial charge on any atom is 0.158 e. The minimum absolute atomic E-state index is 0.403. The Kier molecular flexibility index (Phi) is 4.26. The largest absolute Gasteiger partial charge is 0.377 e. The highest BCUT2D eigenvalue weighted by atomic mass is 16.5. The SMILES string of the molecule is COCc1nc(NN)cc(N2CCC3(CCCC3)CC2)n1. The van der Waals surface area contributed by atoms with Gasteiger partial charge in [-0.05, 0) is 31.1 Å². The Bertz CT molecular complexity index is 477. The predicted molar refractivity (Wildman–Crippen MR) is 82.9 cm³/mol. The van der Waals surface area contributed by atoms with E-state index in [0.717, 1.165) is 18.9 Å². The molecule has 0 amide bonds. The summed E-state index contributed by atoms with van der Waals surface area (Å²) in [7, 11) is 1.65. The van der Waals surface area contributed by atoms with Crippen molar-refractivity contribution < 1.29 is 4.74 Å². The van der Waals surface area contributed by atoms with E-state index in [1.54, 1.807) is 7.11 Å². The Balaban J connectivity index is 1.73. The number of nitrogens with two attached hydrogens (primary N) is 1. The van der Waals surface area contributed by atoms with Crippen LogP contribution in [0.3, 0.4) is 0 Å². The molecule has 116 valence electrons. The zero-order valence-electron chi connectivity index (χ0n) is 12.8. The lowest BCUT2D eigenvalue weighted by molar-refractivity contribution is 0.177. The number of methoxy groups -OCH3 is 1. The van der Waals surface area contributed by atoms with Gasteiger partial charge in [0.05, 0.1) is 0 Å². The van der Waals surface area contributed by atoms with E-state index in [4.69, 9.17) is 10.6 Å². The van der Waals surface area contributed by atoms with Gasteiger partial charge in [0.15, 0.2) is 5.82 Å². The van der Waals surface area contributed by atoms with Crippen molar-refractivity contribution in [3.63, 3.8) is 0 Å². The van der Waals surface area contributed by atoms with Crippen molar-refractivity contribution in [3.8, 4) is 0 Å². The van der Waals surface area contributed by atoms with Crippen LogP contribution >= 0.6 is 0 Å². The van der Waals surface area contributed by atoms with Crippen molar-refractivity contribution in [1.82, 2.24) is 9.97 Å². The Morgan fingerprint density at radius 1 is 1.24 bits per heavy atom. The third kappa shape index (κ3) is 3.11. The number of rotatable bonds is 4. The average Bonchev–Trinajstić information content (AvgIpc) is 2.96. The van der Waals surface area contributed by atoms with Gasteiger partial charge in [-0.2, -0.15) is 0 Å². The third-order valence-electron chi connectivity index (χ3n) is 4.99. The molecule has 3 rings (SSSR count). The van der Waals surface area contributed by atoms with E-state index in [0.29, 0.717) is 23.7 Å². The van der Waals surface area contributed by atoms with Crippen LogP contribution in [0.15, 0.2) is 6.07 Å². The van der Waals surface area contributed by atoms with Gasteiger partial charge in [-0.25, -0.2) is 15.8 Å². The highest BCUT2D eigenvalue weighted by molar-refractivity contribution is 5.49. The summed E-state index contributed by atoms with van der Waals surface area (Å²) in [5.74, 6) is 7.78. The molecule has 1 aliphatic heterocycles. The van der Waals surface area contributed by atoms with Crippen LogP contribution in [0.4, 0.5) is 11.6 Å².